The zero-order valence-corrected chi connectivity index (χ0v) is 16.6. The SMILES string of the molecule is C#Cc1ccc2cncc(Cc3nc4c([nH]3)c(=O)n(C)c(=O)n4CC(C)C)c2c1. The minimum Gasteiger partial charge on any atom is -0.336 e. The molecule has 4 aromatic rings. The summed E-state index contributed by atoms with van der Waals surface area (Å²) in [5, 5.41) is 1.97. The molecule has 3 aromatic heterocycles. The van der Waals surface area contributed by atoms with Crippen molar-refractivity contribution in [1.82, 2.24) is 24.1 Å². The molecule has 0 saturated carbocycles. The summed E-state index contributed by atoms with van der Waals surface area (Å²) in [6.07, 6.45) is 9.54. The highest BCUT2D eigenvalue weighted by molar-refractivity contribution is 5.86. The molecular formula is C22H21N5O2. The van der Waals surface area contributed by atoms with Crippen LogP contribution in [0.3, 0.4) is 0 Å². The Kier molecular flexibility index (Phi) is 4.55. The molecule has 0 aliphatic heterocycles. The molecule has 0 amide bonds. The zero-order valence-electron chi connectivity index (χ0n) is 16.6. The van der Waals surface area contributed by atoms with Crippen molar-refractivity contribution in [1.29, 1.82) is 0 Å². The van der Waals surface area contributed by atoms with Crippen molar-refractivity contribution in [3.05, 3.63) is 68.4 Å². The van der Waals surface area contributed by atoms with Gasteiger partial charge in [-0.1, -0.05) is 25.8 Å². The summed E-state index contributed by atoms with van der Waals surface area (Å²) in [5.74, 6) is 3.48. The molecule has 4 rings (SSSR count). The van der Waals surface area contributed by atoms with Crippen LogP contribution in [-0.2, 0) is 20.0 Å². The van der Waals surface area contributed by atoms with E-state index in [1.165, 1.54) is 7.05 Å². The first-order valence-electron chi connectivity index (χ1n) is 9.40. The molecule has 0 aliphatic carbocycles. The second-order valence-corrected chi connectivity index (χ2v) is 7.59. The van der Waals surface area contributed by atoms with Crippen LogP contribution in [0, 0.1) is 18.3 Å². The predicted molar refractivity (Wildman–Crippen MR) is 113 cm³/mol. The Hall–Kier alpha value is -3.66. The van der Waals surface area contributed by atoms with E-state index in [-0.39, 0.29) is 17.2 Å². The second kappa shape index (κ2) is 7.06. The fourth-order valence-electron chi connectivity index (χ4n) is 3.53. The van der Waals surface area contributed by atoms with E-state index in [0.29, 0.717) is 30.0 Å². The van der Waals surface area contributed by atoms with E-state index >= 15 is 0 Å². The molecule has 0 saturated heterocycles. The van der Waals surface area contributed by atoms with Crippen molar-refractivity contribution >= 4 is 21.9 Å². The Labute approximate surface area is 167 Å². The van der Waals surface area contributed by atoms with Crippen LogP contribution < -0.4 is 11.2 Å². The number of benzene rings is 1. The number of terminal acetylenes is 1. The molecule has 0 spiro atoms. The number of nitrogens with zero attached hydrogens (tertiary/aromatic N) is 4. The van der Waals surface area contributed by atoms with Crippen LogP contribution in [0.4, 0.5) is 0 Å². The van der Waals surface area contributed by atoms with E-state index in [2.05, 4.69) is 20.9 Å². The molecule has 0 aliphatic rings. The van der Waals surface area contributed by atoms with Gasteiger partial charge in [0.05, 0.1) is 0 Å². The van der Waals surface area contributed by atoms with Gasteiger partial charge in [-0.2, -0.15) is 0 Å². The van der Waals surface area contributed by atoms with Crippen LogP contribution in [0.25, 0.3) is 21.9 Å². The number of nitrogens with one attached hydrogen (secondary N) is 1. The van der Waals surface area contributed by atoms with Crippen molar-refractivity contribution in [2.75, 3.05) is 0 Å². The molecule has 0 radical (unpaired) electrons. The van der Waals surface area contributed by atoms with E-state index in [0.717, 1.165) is 26.5 Å². The highest BCUT2D eigenvalue weighted by Crippen LogP contribution is 2.21. The number of hydrogen-bond donors (Lipinski definition) is 1. The number of pyridine rings is 1. The van der Waals surface area contributed by atoms with E-state index < -0.39 is 0 Å². The third-order valence-electron chi connectivity index (χ3n) is 4.94. The summed E-state index contributed by atoms with van der Waals surface area (Å²) in [6.45, 7) is 4.51. The predicted octanol–water partition coefficient (Wildman–Crippen LogP) is 2.20. The molecule has 0 fully saturated rings. The molecule has 0 unspecified atom stereocenters. The first-order chi connectivity index (χ1) is 13.9. The Bertz CT molecular complexity index is 1400. The number of imidazole rings is 1. The summed E-state index contributed by atoms with van der Waals surface area (Å²) >= 11 is 0. The normalized spacial score (nSPS) is 11.4. The summed E-state index contributed by atoms with van der Waals surface area (Å²) in [7, 11) is 1.48. The summed E-state index contributed by atoms with van der Waals surface area (Å²) < 4.78 is 2.67. The Morgan fingerprint density at radius 3 is 2.76 bits per heavy atom. The quantitative estimate of drug-likeness (QED) is 0.544. The molecule has 29 heavy (non-hydrogen) atoms. The van der Waals surface area contributed by atoms with Crippen LogP contribution >= 0.6 is 0 Å². The number of aromatic nitrogens is 5. The average Bonchev–Trinajstić information content (AvgIpc) is 3.13. The van der Waals surface area contributed by atoms with E-state index in [1.54, 1.807) is 17.0 Å². The average molecular weight is 387 g/mol. The topological polar surface area (TPSA) is 85.6 Å². The lowest BCUT2D eigenvalue weighted by atomic mass is 10.0. The van der Waals surface area contributed by atoms with Gasteiger partial charge in [-0.25, -0.2) is 9.78 Å². The van der Waals surface area contributed by atoms with Gasteiger partial charge in [0.1, 0.15) is 11.3 Å². The zero-order chi connectivity index (χ0) is 20.7. The summed E-state index contributed by atoms with van der Waals surface area (Å²) in [4.78, 5) is 37.2. The maximum Gasteiger partial charge on any atom is 0.332 e. The van der Waals surface area contributed by atoms with Crippen molar-refractivity contribution < 1.29 is 0 Å². The first-order valence-corrected chi connectivity index (χ1v) is 9.40. The second-order valence-electron chi connectivity index (χ2n) is 7.59. The van der Waals surface area contributed by atoms with E-state index in [9.17, 15) is 9.59 Å². The molecule has 1 aromatic carbocycles. The molecule has 7 heteroatoms. The molecule has 0 atom stereocenters. The lowest BCUT2D eigenvalue weighted by molar-refractivity contribution is 0.500. The standard InChI is InChI=1S/C22H21N5O2/c1-5-14-6-7-15-10-23-11-16(17(15)8-14)9-18-24-19-20(25-18)27(12-13(2)3)22(29)26(4)21(19)28/h1,6-8,10-11,13H,9,12H2,2-4H3,(H,24,25). The lowest BCUT2D eigenvalue weighted by Crippen LogP contribution is -2.38. The summed E-state index contributed by atoms with van der Waals surface area (Å²) in [6, 6.07) is 5.77. The fraction of sp³-hybridized carbons (Fsp3) is 0.273. The number of fused-ring (bicyclic) bond motifs is 2. The van der Waals surface area contributed by atoms with E-state index in [1.807, 2.05) is 32.0 Å². The minimum atomic E-state index is -0.380. The minimum absolute atomic E-state index is 0.234. The third-order valence-corrected chi connectivity index (χ3v) is 4.94. The van der Waals surface area contributed by atoms with Crippen molar-refractivity contribution in [2.45, 2.75) is 26.8 Å². The highest BCUT2D eigenvalue weighted by Gasteiger charge is 2.17. The molecule has 3 heterocycles. The van der Waals surface area contributed by atoms with Gasteiger partial charge in [-0.3, -0.25) is 18.9 Å². The van der Waals surface area contributed by atoms with Crippen molar-refractivity contribution in [3.8, 4) is 12.3 Å². The largest absolute Gasteiger partial charge is 0.336 e. The van der Waals surface area contributed by atoms with Crippen LogP contribution in [-0.4, -0.2) is 24.1 Å². The Morgan fingerprint density at radius 1 is 1.24 bits per heavy atom. The van der Waals surface area contributed by atoms with Gasteiger partial charge in [0.25, 0.3) is 5.56 Å². The smallest absolute Gasteiger partial charge is 0.332 e. The monoisotopic (exact) mass is 387 g/mol. The Balaban J connectivity index is 1.88. The lowest BCUT2D eigenvalue weighted by Gasteiger charge is -2.10. The number of rotatable bonds is 4. The molecule has 1 N–H and O–H groups in total. The van der Waals surface area contributed by atoms with Crippen LogP contribution in [0.5, 0.6) is 0 Å². The van der Waals surface area contributed by atoms with Gasteiger partial charge in [0.2, 0.25) is 0 Å². The molecule has 146 valence electrons. The third kappa shape index (κ3) is 3.23. The van der Waals surface area contributed by atoms with Crippen LogP contribution in [0.15, 0.2) is 40.2 Å². The first kappa shape index (κ1) is 18.7. The van der Waals surface area contributed by atoms with Crippen LogP contribution in [0.1, 0.15) is 30.8 Å². The molecular weight excluding hydrogens is 366 g/mol. The molecule has 0 bridgehead atoms. The number of H-pyrrole nitrogens is 1. The van der Waals surface area contributed by atoms with Gasteiger partial charge < -0.3 is 4.98 Å². The number of aromatic amines is 1. The number of hydrogen-bond acceptors (Lipinski definition) is 4. The van der Waals surface area contributed by atoms with E-state index in [4.69, 9.17) is 6.42 Å². The van der Waals surface area contributed by atoms with Gasteiger partial charge in [0, 0.05) is 43.4 Å². The highest BCUT2D eigenvalue weighted by atomic mass is 16.2. The maximum atomic E-state index is 12.6. The summed E-state index contributed by atoms with van der Waals surface area (Å²) in [5.41, 5.74) is 1.70. The van der Waals surface area contributed by atoms with Gasteiger partial charge >= 0.3 is 5.69 Å². The van der Waals surface area contributed by atoms with Crippen molar-refractivity contribution in [3.63, 3.8) is 0 Å². The van der Waals surface area contributed by atoms with Crippen molar-refractivity contribution in [2.24, 2.45) is 13.0 Å². The van der Waals surface area contributed by atoms with Gasteiger partial charge in [0.15, 0.2) is 5.65 Å². The maximum absolute atomic E-state index is 12.6. The van der Waals surface area contributed by atoms with Gasteiger partial charge in [-0.05, 0) is 29.0 Å². The van der Waals surface area contributed by atoms with Gasteiger partial charge in [-0.15, -0.1) is 6.42 Å². The Morgan fingerprint density at radius 2 is 2.03 bits per heavy atom. The fourth-order valence-corrected chi connectivity index (χ4v) is 3.53. The van der Waals surface area contributed by atoms with Crippen LogP contribution in [0.2, 0.25) is 0 Å². The molecule has 7 nitrogen and oxygen atoms in total.